The summed E-state index contributed by atoms with van der Waals surface area (Å²) in [5.74, 6) is 0.826. The molecule has 2 aromatic heterocycles. The van der Waals surface area contributed by atoms with Crippen LogP contribution in [0.2, 0.25) is 0 Å². The molecule has 170 valence electrons. The van der Waals surface area contributed by atoms with Crippen LogP contribution in [0.15, 0.2) is 63.3 Å². The van der Waals surface area contributed by atoms with Gasteiger partial charge < -0.3 is 15.1 Å². The summed E-state index contributed by atoms with van der Waals surface area (Å²) in [6.07, 6.45) is 3.77. The first kappa shape index (κ1) is 22.2. The van der Waals surface area contributed by atoms with Crippen LogP contribution in [0.25, 0.3) is 0 Å². The van der Waals surface area contributed by atoms with Crippen LogP contribution in [0, 0.1) is 0 Å². The minimum Gasteiger partial charge on any atom is -0.452 e. The van der Waals surface area contributed by atoms with Crippen molar-refractivity contribution in [2.45, 2.75) is 22.8 Å². The van der Waals surface area contributed by atoms with Crippen molar-refractivity contribution in [2.75, 3.05) is 30.3 Å². The lowest BCUT2D eigenvalue weighted by Crippen LogP contribution is -2.26. The minimum absolute atomic E-state index is 0.121. The van der Waals surface area contributed by atoms with Gasteiger partial charge in [0.1, 0.15) is 5.82 Å². The predicted octanol–water partition coefficient (Wildman–Crippen LogP) is 1.43. The van der Waals surface area contributed by atoms with E-state index in [-0.39, 0.29) is 29.0 Å². The van der Waals surface area contributed by atoms with E-state index in [0.29, 0.717) is 36.5 Å². The molecule has 0 amide bonds. The van der Waals surface area contributed by atoms with E-state index in [9.17, 15) is 16.8 Å². The zero-order valence-corrected chi connectivity index (χ0v) is 18.5. The highest BCUT2D eigenvalue weighted by molar-refractivity contribution is 7.89. The zero-order chi connectivity index (χ0) is 22.6. The molecule has 1 aliphatic heterocycles. The maximum atomic E-state index is 12.4. The number of aromatic nitrogens is 2. The number of rotatable bonds is 5. The van der Waals surface area contributed by atoms with Crippen molar-refractivity contribution < 1.29 is 21.3 Å². The second-order valence-electron chi connectivity index (χ2n) is 6.98. The van der Waals surface area contributed by atoms with Crippen LogP contribution in [0.4, 0.5) is 17.5 Å². The summed E-state index contributed by atoms with van der Waals surface area (Å²) >= 11 is 0. The van der Waals surface area contributed by atoms with E-state index in [4.69, 9.17) is 4.42 Å². The van der Waals surface area contributed by atoms with Gasteiger partial charge in [-0.25, -0.2) is 31.3 Å². The van der Waals surface area contributed by atoms with E-state index in [0.717, 1.165) is 0 Å². The van der Waals surface area contributed by atoms with Crippen molar-refractivity contribution in [1.82, 2.24) is 19.4 Å². The van der Waals surface area contributed by atoms with Crippen LogP contribution in [-0.4, -0.2) is 46.4 Å². The molecule has 0 fully saturated rings. The van der Waals surface area contributed by atoms with Crippen molar-refractivity contribution in [3.05, 3.63) is 54.4 Å². The first-order chi connectivity index (χ1) is 15.3. The average Bonchev–Trinajstić information content (AvgIpc) is 3.30. The van der Waals surface area contributed by atoms with Crippen LogP contribution >= 0.6 is 0 Å². The molecule has 4 bridgehead atoms. The van der Waals surface area contributed by atoms with Crippen LogP contribution in [-0.2, 0) is 26.5 Å². The molecule has 32 heavy (non-hydrogen) atoms. The monoisotopic (exact) mass is 478 g/mol. The quantitative estimate of drug-likeness (QED) is 0.426. The number of sulfonamides is 2. The van der Waals surface area contributed by atoms with E-state index in [2.05, 4.69) is 30.0 Å². The molecule has 1 aliphatic rings. The van der Waals surface area contributed by atoms with E-state index in [1.54, 1.807) is 18.3 Å². The normalized spacial score (nSPS) is 16.0. The Morgan fingerprint density at radius 3 is 2.84 bits per heavy atom. The molecule has 4 rings (SSSR count). The molecule has 13 heteroatoms. The number of hydrogen-bond acceptors (Lipinski definition) is 9. The largest absolute Gasteiger partial charge is 0.452 e. The molecule has 0 unspecified atom stereocenters. The van der Waals surface area contributed by atoms with Crippen molar-refractivity contribution in [3.63, 3.8) is 0 Å². The third-order valence-electron chi connectivity index (χ3n) is 4.65. The molecule has 1 aromatic carbocycles. The summed E-state index contributed by atoms with van der Waals surface area (Å²) in [7, 11) is -7.35. The topological polar surface area (TPSA) is 155 Å². The first-order valence-corrected chi connectivity index (χ1v) is 12.8. The van der Waals surface area contributed by atoms with Gasteiger partial charge in [-0.15, -0.1) is 0 Å². The number of nitrogens with one attached hydrogen (secondary N) is 4. The molecule has 4 N–H and O–H groups in total. The third kappa shape index (κ3) is 5.24. The fourth-order valence-electron chi connectivity index (χ4n) is 3.07. The van der Waals surface area contributed by atoms with E-state index in [1.165, 1.54) is 30.5 Å². The van der Waals surface area contributed by atoms with Crippen LogP contribution in [0.1, 0.15) is 12.0 Å². The minimum atomic E-state index is -3.73. The highest BCUT2D eigenvalue weighted by Crippen LogP contribution is 2.21. The van der Waals surface area contributed by atoms with Crippen LogP contribution in [0.3, 0.4) is 0 Å². The predicted molar refractivity (Wildman–Crippen MR) is 118 cm³/mol. The number of furan rings is 1. The van der Waals surface area contributed by atoms with E-state index in [1.807, 2.05) is 0 Å². The van der Waals surface area contributed by atoms with Gasteiger partial charge in [-0.3, -0.25) is 0 Å². The number of hydrogen-bond donors (Lipinski definition) is 4. The molecule has 0 spiro atoms. The van der Waals surface area contributed by atoms with Gasteiger partial charge in [-0.1, -0.05) is 6.07 Å². The van der Waals surface area contributed by atoms with E-state index >= 15 is 0 Å². The lowest BCUT2D eigenvalue weighted by atomic mass is 10.2. The number of fused-ring (bicyclic) bond motifs is 4. The second-order valence-corrected chi connectivity index (χ2v) is 10.4. The lowest BCUT2D eigenvalue weighted by molar-refractivity contribution is 0.446. The number of benzene rings is 1. The van der Waals surface area contributed by atoms with Gasteiger partial charge in [0.05, 0.1) is 11.2 Å². The highest BCUT2D eigenvalue weighted by atomic mass is 32.2. The molecular formula is C19H22N6O5S2. The Balaban J connectivity index is 1.53. The van der Waals surface area contributed by atoms with Gasteiger partial charge in [-0.2, -0.15) is 4.98 Å². The summed E-state index contributed by atoms with van der Waals surface area (Å²) in [4.78, 5) is 8.93. The summed E-state index contributed by atoms with van der Waals surface area (Å²) in [5.41, 5.74) is 1.24. The van der Waals surface area contributed by atoms with Gasteiger partial charge in [0, 0.05) is 37.1 Å². The Bertz CT molecular complexity index is 1290. The SMILES string of the molecule is O=S1(=O)NCCCNc2nc(ncc2CCNS(=O)(=O)c2ccco2)Nc2cccc1c2. The fourth-order valence-corrected chi connectivity index (χ4v) is 5.14. The Kier molecular flexibility index (Phi) is 6.41. The van der Waals surface area contributed by atoms with Gasteiger partial charge >= 0.3 is 0 Å². The fraction of sp³-hybridized carbons (Fsp3) is 0.263. The summed E-state index contributed by atoms with van der Waals surface area (Å²) in [5, 5.41) is 6.04. The zero-order valence-electron chi connectivity index (χ0n) is 16.9. The molecule has 3 aromatic rings. The van der Waals surface area contributed by atoms with Crippen LogP contribution in [0.5, 0.6) is 0 Å². The second kappa shape index (κ2) is 9.24. The van der Waals surface area contributed by atoms with Crippen molar-refractivity contribution in [1.29, 1.82) is 0 Å². The first-order valence-electron chi connectivity index (χ1n) is 9.83. The smallest absolute Gasteiger partial charge is 0.273 e. The Labute approximate surface area is 185 Å². The lowest BCUT2D eigenvalue weighted by Gasteiger charge is -2.13. The Morgan fingerprint density at radius 2 is 2.03 bits per heavy atom. The van der Waals surface area contributed by atoms with Gasteiger partial charge in [0.2, 0.25) is 21.1 Å². The van der Waals surface area contributed by atoms with Crippen molar-refractivity contribution in [2.24, 2.45) is 0 Å². The number of anilines is 3. The van der Waals surface area contributed by atoms with Gasteiger partial charge in [0.25, 0.3) is 10.0 Å². The van der Waals surface area contributed by atoms with Crippen molar-refractivity contribution in [3.8, 4) is 0 Å². The third-order valence-corrected chi connectivity index (χ3v) is 7.45. The molecule has 0 saturated heterocycles. The molecular weight excluding hydrogens is 456 g/mol. The summed E-state index contributed by atoms with van der Waals surface area (Å²) in [6, 6.07) is 9.25. The molecule has 0 aliphatic carbocycles. The van der Waals surface area contributed by atoms with Gasteiger partial charge in [-0.05, 0) is 43.2 Å². The maximum Gasteiger partial charge on any atom is 0.273 e. The highest BCUT2D eigenvalue weighted by Gasteiger charge is 2.18. The van der Waals surface area contributed by atoms with E-state index < -0.39 is 20.0 Å². The van der Waals surface area contributed by atoms with Crippen LogP contribution < -0.4 is 20.1 Å². The van der Waals surface area contributed by atoms with Gasteiger partial charge in [0.15, 0.2) is 0 Å². The molecule has 0 radical (unpaired) electrons. The number of nitrogens with zero attached hydrogens (tertiary/aromatic N) is 2. The molecule has 3 heterocycles. The Hall–Kier alpha value is -3.00. The molecule has 0 atom stereocenters. The molecule has 0 saturated carbocycles. The summed E-state index contributed by atoms with van der Waals surface area (Å²) in [6.45, 7) is 0.834. The summed E-state index contributed by atoms with van der Waals surface area (Å²) < 4.78 is 59.3. The maximum absolute atomic E-state index is 12.4. The standard InChI is InChI=1S/C19H22N6O5S2/c26-31(27)16-5-1-4-15(12-16)24-19-21-13-14(18(25-19)20-8-3-9-22-31)7-10-23-32(28,29)17-6-2-11-30-17/h1-2,4-6,11-13,22-23H,3,7-10H2,(H2,20,21,24,25). The average molecular weight is 479 g/mol. The van der Waals surface area contributed by atoms with Crippen molar-refractivity contribution >= 4 is 37.5 Å². The molecule has 11 nitrogen and oxygen atoms in total. The Morgan fingerprint density at radius 1 is 1.16 bits per heavy atom.